The maximum atomic E-state index is 12.8. The van der Waals surface area contributed by atoms with Crippen LogP contribution in [0.15, 0.2) is 97.3 Å². The molecule has 0 aliphatic heterocycles. The molecule has 0 aliphatic carbocycles. The van der Waals surface area contributed by atoms with Gasteiger partial charge >= 0.3 is 0 Å². The van der Waals surface area contributed by atoms with Gasteiger partial charge in [0.1, 0.15) is 18.1 Å². The number of fused-ring (bicyclic) bond motifs is 1. The van der Waals surface area contributed by atoms with Crippen molar-refractivity contribution in [3.8, 4) is 16.9 Å². The van der Waals surface area contributed by atoms with Crippen LogP contribution in [0.5, 0.6) is 5.75 Å². The molecule has 0 saturated carbocycles. The van der Waals surface area contributed by atoms with E-state index in [0.29, 0.717) is 17.9 Å². The first-order valence-electron chi connectivity index (χ1n) is 10.8. The van der Waals surface area contributed by atoms with Gasteiger partial charge in [0, 0.05) is 17.4 Å². The van der Waals surface area contributed by atoms with Crippen molar-refractivity contribution in [2.75, 3.05) is 5.32 Å². The van der Waals surface area contributed by atoms with Gasteiger partial charge in [-0.2, -0.15) is 5.10 Å². The van der Waals surface area contributed by atoms with Gasteiger partial charge in [0.25, 0.3) is 5.91 Å². The number of aromatic nitrogens is 3. The Labute approximate surface area is 196 Å². The molecule has 2 aromatic heterocycles. The van der Waals surface area contributed by atoms with E-state index in [1.807, 2.05) is 54.6 Å². The van der Waals surface area contributed by atoms with E-state index in [1.165, 1.54) is 0 Å². The van der Waals surface area contributed by atoms with Crippen LogP contribution in [0.4, 0.5) is 5.69 Å². The molecule has 2 N–H and O–H groups in total. The highest BCUT2D eigenvalue weighted by atomic mass is 16.5. The van der Waals surface area contributed by atoms with Crippen molar-refractivity contribution in [3.63, 3.8) is 0 Å². The van der Waals surface area contributed by atoms with Crippen molar-refractivity contribution >= 4 is 17.2 Å². The summed E-state index contributed by atoms with van der Waals surface area (Å²) in [4.78, 5) is 17.3. The molecule has 0 unspecified atom stereocenters. The second kappa shape index (κ2) is 9.56. The van der Waals surface area contributed by atoms with Gasteiger partial charge in [-0.1, -0.05) is 54.6 Å². The summed E-state index contributed by atoms with van der Waals surface area (Å²) in [6.45, 7) is 0.404. The zero-order chi connectivity index (χ0) is 23.3. The maximum Gasteiger partial charge on any atom is 0.274 e. The molecule has 0 saturated heterocycles. The van der Waals surface area contributed by atoms with Crippen molar-refractivity contribution in [3.05, 3.63) is 114 Å². The van der Waals surface area contributed by atoms with Crippen molar-refractivity contribution in [1.29, 1.82) is 0 Å². The standard InChI is InChI=1S/C27H22N4O3/c32-17-20-7-4-8-22(15-20)29-27(33)25-13-14-31-26(30-25)24(16-28-31)21-9-11-23(12-10-21)34-18-19-5-2-1-3-6-19/h1-16,32H,17-18H2,(H,29,33). The third-order valence-corrected chi connectivity index (χ3v) is 5.38. The molecule has 7 heteroatoms. The number of hydrogen-bond acceptors (Lipinski definition) is 5. The van der Waals surface area contributed by atoms with E-state index < -0.39 is 0 Å². The van der Waals surface area contributed by atoms with Gasteiger partial charge in [0.05, 0.1) is 12.8 Å². The van der Waals surface area contributed by atoms with Crippen LogP contribution in [0, 0.1) is 0 Å². The van der Waals surface area contributed by atoms with Gasteiger partial charge in [-0.25, -0.2) is 9.50 Å². The first-order valence-corrected chi connectivity index (χ1v) is 10.8. The van der Waals surface area contributed by atoms with Crippen LogP contribution in [0.1, 0.15) is 21.6 Å². The van der Waals surface area contributed by atoms with Crippen molar-refractivity contribution < 1.29 is 14.6 Å². The molecule has 0 bridgehead atoms. The first-order chi connectivity index (χ1) is 16.7. The number of nitrogens with zero attached hydrogens (tertiary/aromatic N) is 3. The number of rotatable bonds is 7. The molecular weight excluding hydrogens is 428 g/mol. The van der Waals surface area contributed by atoms with Gasteiger partial charge < -0.3 is 15.2 Å². The number of aliphatic hydroxyl groups is 1. The molecular formula is C27H22N4O3. The van der Waals surface area contributed by atoms with Crippen LogP contribution < -0.4 is 10.1 Å². The lowest BCUT2D eigenvalue weighted by atomic mass is 10.1. The molecule has 0 radical (unpaired) electrons. The summed E-state index contributed by atoms with van der Waals surface area (Å²) >= 11 is 0. The third kappa shape index (κ3) is 4.65. The smallest absolute Gasteiger partial charge is 0.274 e. The summed E-state index contributed by atoms with van der Waals surface area (Å²) in [6, 6.07) is 26.4. The monoisotopic (exact) mass is 450 g/mol. The Morgan fingerprint density at radius 3 is 2.53 bits per heavy atom. The highest BCUT2D eigenvalue weighted by Crippen LogP contribution is 2.26. The van der Waals surface area contributed by atoms with Crippen LogP contribution in [-0.4, -0.2) is 25.6 Å². The zero-order valence-electron chi connectivity index (χ0n) is 18.3. The van der Waals surface area contributed by atoms with E-state index in [4.69, 9.17) is 4.74 Å². The van der Waals surface area contributed by atoms with Gasteiger partial charge in [0.2, 0.25) is 0 Å². The summed E-state index contributed by atoms with van der Waals surface area (Å²) in [7, 11) is 0. The van der Waals surface area contributed by atoms with Gasteiger partial charge in [-0.3, -0.25) is 4.79 Å². The second-order valence-corrected chi connectivity index (χ2v) is 7.75. The highest BCUT2D eigenvalue weighted by molar-refractivity contribution is 6.03. The molecule has 5 aromatic rings. The third-order valence-electron chi connectivity index (χ3n) is 5.38. The number of amides is 1. The van der Waals surface area contributed by atoms with Crippen molar-refractivity contribution in [2.45, 2.75) is 13.2 Å². The Kier molecular flexibility index (Phi) is 6.01. The SMILES string of the molecule is O=C(Nc1cccc(CO)c1)c1ccn2ncc(-c3ccc(OCc4ccccc4)cc3)c2n1. The molecule has 5 rings (SSSR count). The topological polar surface area (TPSA) is 88.8 Å². The van der Waals surface area contributed by atoms with Gasteiger partial charge in [-0.05, 0) is 47.0 Å². The number of carbonyl (C=O) groups is 1. The summed E-state index contributed by atoms with van der Waals surface area (Å²) < 4.78 is 7.51. The highest BCUT2D eigenvalue weighted by Gasteiger charge is 2.13. The summed E-state index contributed by atoms with van der Waals surface area (Å²) in [6.07, 6.45) is 3.44. The Morgan fingerprint density at radius 2 is 1.74 bits per heavy atom. The van der Waals surface area contributed by atoms with Gasteiger partial charge in [-0.15, -0.1) is 0 Å². The summed E-state index contributed by atoms with van der Waals surface area (Å²) in [5.41, 5.74) is 5.00. The second-order valence-electron chi connectivity index (χ2n) is 7.75. The van der Waals surface area contributed by atoms with Crippen LogP contribution >= 0.6 is 0 Å². The number of benzene rings is 3. The predicted molar refractivity (Wildman–Crippen MR) is 130 cm³/mol. The van der Waals surface area contributed by atoms with E-state index in [0.717, 1.165) is 28.0 Å². The fourth-order valence-electron chi connectivity index (χ4n) is 3.61. The first kappa shape index (κ1) is 21.4. The molecule has 2 heterocycles. The fraction of sp³-hybridized carbons (Fsp3) is 0.0741. The lowest BCUT2D eigenvalue weighted by molar-refractivity contribution is 0.102. The number of nitrogens with one attached hydrogen (secondary N) is 1. The lowest BCUT2D eigenvalue weighted by Crippen LogP contribution is -2.14. The number of hydrogen-bond donors (Lipinski definition) is 2. The molecule has 168 valence electrons. The van der Waals surface area contributed by atoms with Crippen molar-refractivity contribution in [1.82, 2.24) is 14.6 Å². The van der Waals surface area contributed by atoms with Crippen molar-refractivity contribution in [2.24, 2.45) is 0 Å². The normalized spacial score (nSPS) is 10.9. The lowest BCUT2D eigenvalue weighted by Gasteiger charge is -2.08. The molecule has 0 aliphatic rings. The van der Waals surface area contributed by atoms with Crippen LogP contribution in [0.3, 0.4) is 0 Å². The molecule has 0 fully saturated rings. The van der Waals surface area contributed by atoms with E-state index in [1.54, 1.807) is 47.2 Å². The Hall–Kier alpha value is -4.49. The van der Waals surface area contributed by atoms with E-state index in [-0.39, 0.29) is 18.2 Å². The quantitative estimate of drug-likeness (QED) is 0.375. The molecule has 0 spiro atoms. The minimum atomic E-state index is -0.339. The largest absolute Gasteiger partial charge is 0.489 e. The summed E-state index contributed by atoms with van der Waals surface area (Å²) in [5, 5.41) is 16.5. The average Bonchev–Trinajstić information content (AvgIpc) is 3.32. The predicted octanol–water partition coefficient (Wildman–Crippen LogP) is 4.72. The minimum absolute atomic E-state index is 0.0941. The van der Waals surface area contributed by atoms with Gasteiger partial charge in [0.15, 0.2) is 5.65 Å². The molecule has 0 atom stereocenters. The Bertz CT molecular complexity index is 1430. The number of ether oxygens (including phenoxy) is 1. The molecule has 1 amide bonds. The zero-order valence-corrected chi connectivity index (χ0v) is 18.3. The average molecular weight is 450 g/mol. The van der Waals surface area contributed by atoms with Crippen LogP contribution in [-0.2, 0) is 13.2 Å². The number of carbonyl (C=O) groups excluding carboxylic acids is 1. The minimum Gasteiger partial charge on any atom is -0.489 e. The number of aliphatic hydroxyl groups excluding tert-OH is 1. The van der Waals surface area contributed by atoms with E-state index in [9.17, 15) is 9.90 Å². The summed E-state index contributed by atoms with van der Waals surface area (Å²) in [5.74, 6) is 0.427. The molecule has 3 aromatic carbocycles. The molecule has 34 heavy (non-hydrogen) atoms. The van der Waals surface area contributed by atoms with E-state index >= 15 is 0 Å². The van der Waals surface area contributed by atoms with Crippen LogP contribution in [0.25, 0.3) is 16.8 Å². The van der Waals surface area contributed by atoms with Crippen LogP contribution in [0.2, 0.25) is 0 Å². The number of anilines is 1. The Morgan fingerprint density at radius 1 is 0.941 bits per heavy atom. The molecule has 7 nitrogen and oxygen atoms in total. The van der Waals surface area contributed by atoms with E-state index in [2.05, 4.69) is 15.4 Å². The Balaban J connectivity index is 1.35. The fourth-order valence-corrected chi connectivity index (χ4v) is 3.61. The maximum absolute atomic E-state index is 12.8.